The number of aryl methyl sites for hydroxylation is 2. The van der Waals surface area contributed by atoms with Crippen LogP contribution in [0.3, 0.4) is 0 Å². The van der Waals surface area contributed by atoms with E-state index in [2.05, 4.69) is 0 Å². The molecule has 0 radical (unpaired) electrons. The zero-order chi connectivity index (χ0) is 16.8. The van der Waals surface area contributed by atoms with Gasteiger partial charge in [0, 0.05) is 0 Å². The SMILES string of the molecule is Cc1cc(O)cc(S(=O)(=O)c2c(O)cc(C)c(C)c2C)c1C. The first kappa shape index (κ1) is 16.4. The summed E-state index contributed by atoms with van der Waals surface area (Å²) in [6, 6.07) is 4.20. The van der Waals surface area contributed by atoms with Crippen LogP contribution in [0.2, 0.25) is 0 Å². The van der Waals surface area contributed by atoms with Crippen LogP contribution in [-0.2, 0) is 9.84 Å². The van der Waals surface area contributed by atoms with Crippen molar-refractivity contribution in [1.82, 2.24) is 0 Å². The van der Waals surface area contributed by atoms with E-state index in [1.54, 1.807) is 20.8 Å². The van der Waals surface area contributed by atoms with Crippen molar-refractivity contribution < 1.29 is 18.6 Å². The molecule has 2 N–H and O–H groups in total. The minimum Gasteiger partial charge on any atom is -0.508 e. The lowest BCUT2D eigenvalue weighted by molar-refractivity contribution is 0.456. The molecule has 0 bridgehead atoms. The lowest BCUT2D eigenvalue weighted by atomic mass is 10.0. The highest BCUT2D eigenvalue weighted by Gasteiger charge is 2.28. The maximum Gasteiger partial charge on any atom is 0.210 e. The van der Waals surface area contributed by atoms with Crippen LogP contribution in [0.1, 0.15) is 27.8 Å². The van der Waals surface area contributed by atoms with Crippen LogP contribution >= 0.6 is 0 Å². The molecule has 0 fully saturated rings. The summed E-state index contributed by atoms with van der Waals surface area (Å²) in [6.07, 6.45) is 0. The van der Waals surface area contributed by atoms with Gasteiger partial charge in [-0.2, -0.15) is 0 Å². The molecule has 0 unspecified atom stereocenters. The van der Waals surface area contributed by atoms with Crippen molar-refractivity contribution in [3.63, 3.8) is 0 Å². The molecule has 0 aliphatic carbocycles. The van der Waals surface area contributed by atoms with Crippen LogP contribution in [-0.4, -0.2) is 18.6 Å². The summed E-state index contributed by atoms with van der Waals surface area (Å²) in [5.74, 6) is -0.372. The van der Waals surface area contributed by atoms with E-state index in [1.807, 2.05) is 13.8 Å². The van der Waals surface area contributed by atoms with Gasteiger partial charge in [0.25, 0.3) is 0 Å². The van der Waals surface area contributed by atoms with Gasteiger partial charge in [0.1, 0.15) is 16.4 Å². The summed E-state index contributed by atoms with van der Waals surface area (Å²) in [7, 11) is -3.93. The van der Waals surface area contributed by atoms with Crippen LogP contribution in [0.15, 0.2) is 28.0 Å². The molecule has 0 heterocycles. The third-order valence-corrected chi connectivity index (χ3v) is 6.30. The Labute approximate surface area is 131 Å². The second-order valence-electron chi connectivity index (χ2n) is 5.68. The molecule has 0 saturated carbocycles. The molecular weight excluding hydrogens is 300 g/mol. The number of phenolic OH excluding ortho intramolecular Hbond substituents is 2. The molecule has 0 saturated heterocycles. The fourth-order valence-electron chi connectivity index (χ4n) is 2.57. The molecular formula is C17H20O4S. The second kappa shape index (κ2) is 5.32. The normalized spacial score (nSPS) is 11.7. The molecule has 0 atom stereocenters. The Morgan fingerprint density at radius 3 is 1.91 bits per heavy atom. The number of benzene rings is 2. The Kier molecular flexibility index (Phi) is 3.96. The Morgan fingerprint density at radius 1 is 0.773 bits per heavy atom. The predicted octanol–water partition coefficient (Wildman–Crippen LogP) is 3.47. The van der Waals surface area contributed by atoms with Crippen LogP contribution in [0.4, 0.5) is 0 Å². The fourth-order valence-corrected chi connectivity index (χ4v) is 4.52. The fraction of sp³-hybridized carbons (Fsp3) is 0.294. The molecule has 22 heavy (non-hydrogen) atoms. The molecule has 2 rings (SSSR count). The highest BCUT2D eigenvalue weighted by Crippen LogP contribution is 2.37. The minimum absolute atomic E-state index is 0.0200. The first-order chi connectivity index (χ1) is 10.1. The zero-order valence-corrected chi connectivity index (χ0v) is 14.2. The molecule has 118 valence electrons. The van der Waals surface area contributed by atoms with Crippen LogP contribution in [0.5, 0.6) is 11.5 Å². The lowest BCUT2D eigenvalue weighted by Crippen LogP contribution is -2.09. The maximum absolute atomic E-state index is 13.0. The molecule has 2 aromatic carbocycles. The van der Waals surface area contributed by atoms with E-state index in [0.29, 0.717) is 16.7 Å². The van der Waals surface area contributed by atoms with Gasteiger partial charge in [-0.3, -0.25) is 0 Å². The van der Waals surface area contributed by atoms with E-state index in [1.165, 1.54) is 18.2 Å². The molecule has 0 aliphatic rings. The second-order valence-corrected chi connectivity index (χ2v) is 7.54. The standard InChI is InChI=1S/C17H20O4S/c1-9-6-14(18)8-16(12(9)4)22(20,21)17-13(5)11(3)10(2)7-15(17)19/h6-8,18-19H,1-5H3. The molecule has 5 heteroatoms. The summed E-state index contributed by atoms with van der Waals surface area (Å²) in [6.45, 7) is 8.75. The maximum atomic E-state index is 13.0. The quantitative estimate of drug-likeness (QED) is 0.888. The molecule has 0 aliphatic heterocycles. The smallest absolute Gasteiger partial charge is 0.210 e. The van der Waals surface area contributed by atoms with Gasteiger partial charge in [0.15, 0.2) is 0 Å². The van der Waals surface area contributed by atoms with Crippen LogP contribution in [0, 0.1) is 34.6 Å². The van der Waals surface area contributed by atoms with Crippen molar-refractivity contribution in [3.05, 3.63) is 46.0 Å². The monoisotopic (exact) mass is 320 g/mol. The first-order valence-corrected chi connectivity index (χ1v) is 8.40. The van der Waals surface area contributed by atoms with Crippen molar-refractivity contribution in [2.24, 2.45) is 0 Å². The van der Waals surface area contributed by atoms with E-state index >= 15 is 0 Å². The minimum atomic E-state index is -3.93. The molecule has 2 aromatic rings. The van der Waals surface area contributed by atoms with Gasteiger partial charge in [0.2, 0.25) is 9.84 Å². The Morgan fingerprint density at radius 2 is 1.32 bits per heavy atom. The highest BCUT2D eigenvalue weighted by atomic mass is 32.2. The van der Waals surface area contributed by atoms with Gasteiger partial charge in [-0.25, -0.2) is 8.42 Å². The largest absolute Gasteiger partial charge is 0.508 e. The molecule has 0 aromatic heterocycles. The summed E-state index contributed by atoms with van der Waals surface area (Å²) in [5.41, 5.74) is 3.43. The summed E-state index contributed by atoms with van der Waals surface area (Å²) in [4.78, 5) is -0.0737. The average Bonchev–Trinajstić information content (AvgIpc) is 2.39. The predicted molar refractivity (Wildman–Crippen MR) is 85.4 cm³/mol. The van der Waals surface area contributed by atoms with Gasteiger partial charge in [-0.1, -0.05) is 0 Å². The van der Waals surface area contributed by atoms with E-state index in [9.17, 15) is 18.6 Å². The number of hydrogen-bond acceptors (Lipinski definition) is 4. The van der Waals surface area contributed by atoms with E-state index < -0.39 is 9.84 Å². The van der Waals surface area contributed by atoms with E-state index in [-0.39, 0.29) is 21.3 Å². The third-order valence-electron chi connectivity index (χ3n) is 4.24. The Balaban J connectivity index is 2.86. The number of aromatic hydroxyl groups is 2. The number of hydrogen-bond donors (Lipinski definition) is 2. The van der Waals surface area contributed by atoms with Crippen molar-refractivity contribution >= 4 is 9.84 Å². The summed E-state index contributed by atoms with van der Waals surface area (Å²) >= 11 is 0. The Hall–Kier alpha value is -2.01. The first-order valence-electron chi connectivity index (χ1n) is 6.92. The van der Waals surface area contributed by atoms with Crippen LogP contribution in [0.25, 0.3) is 0 Å². The summed E-state index contributed by atoms with van der Waals surface area (Å²) < 4.78 is 26.0. The zero-order valence-electron chi connectivity index (χ0n) is 13.4. The molecule has 0 spiro atoms. The molecule has 0 amide bonds. The van der Waals surface area contributed by atoms with Gasteiger partial charge in [-0.15, -0.1) is 0 Å². The number of sulfone groups is 1. The van der Waals surface area contributed by atoms with Crippen LogP contribution < -0.4 is 0 Å². The highest BCUT2D eigenvalue weighted by molar-refractivity contribution is 7.91. The van der Waals surface area contributed by atoms with Crippen molar-refractivity contribution in [1.29, 1.82) is 0 Å². The summed E-state index contributed by atoms with van der Waals surface area (Å²) in [5, 5.41) is 19.9. The van der Waals surface area contributed by atoms with Crippen molar-refractivity contribution in [2.45, 2.75) is 44.4 Å². The van der Waals surface area contributed by atoms with E-state index in [0.717, 1.165) is 11.1 Å². The van der Waals surface area contributed by atoms with Gasteiger partial charge < -0.3 is 10.2 Å². The van der Waals surface area contributed by atoms with Crippen molar-refractivity contribution in [3.8, 4) is 11.5 Å². The average molecular weight is 320 g/mol. The van der Waals surface area contributed by atoms with Gasteiger partial charge in [0.05, 0.1) is 4.90 Å². The number of phenols is 2. The number of rotatable bonds is 2. The Bertz CT molecular complexity index is 865. The van der Waals surface area contributed by atoms with E-state index in [4.69, 9.17) is 0 Å². The molecule has 4 nitrogen and oxygen atoms in total. The lowest BCUT2D eigenvalue weighted by Gasteiger charge is -2.16. The van der Waals surface area contributed by atoms with Crippen molar-refractivity contribution in [2.75, 3.05) is 0 Å². The van der Waals surface area contributed by atoms with Gasteiger partial charge in [-0.05, 0) is 80.6 Å². The topological polar surface area (TPSA) is 74.6 Å². The third kappa shape index (κ3) is 2.46. The van der Waals surface area contributed by atoms with Gasteiger partial charge >= 0.3 is 0 Å².